The Kier molecular flexibility index (Phi) is 6.23. The molecule has 0 saturated carbocycles. The minimum absolute atomic E-state index is 0.459. The number of ether oxygens (including phenoxy) is 1. The lowest BCUT2D eigenvalue weighted by Crippen LogP contribution is -2.22. The smallest absolute Gasteiger partial charge is 0.158 e. The molecule has 1 atom stereocenters. The maximum atomic E-state index is 5.19. The largest absolute Gasteiger partial charge is 0.377 e. The van der Waals surface area contributed by atoms with Crippen LogP contribution >= 0.6 is 0 Å². The van der Waals surface area contributed by atoms with Crippen molar-refractivity contribution in [1.82, 2.24) is 9.97 Å². The highest BCUT2D eigenvalue weighted by molar-refractivity contribution is 5.50. The van der Waals surface area contributed by atoms with Crippen molar-refractivity contribution in [2.24, 2.45) is 5.92 Å². The fraction of sp³-hybridized carbons (Fsp3) is 0.750. The summed E-state index contributed by atoms with van der Waals surface area (Å²) >= 11 is 0. The number of methoxy groups -OCH3 is 1. The first-order chi connectivity index (χ1) is 10.3. The van der Waals surface area contributed by atoms with E-state index in [1.54, 1.807) is 7.11 Å². The lowest BCUT2D eigenvalue weighted by Gasteiger charge is -2.19. The van der Waals surface area contributed by atoms with Gasteiger partial charge in [-0.1, -0.05) is 20.3 Å². The minimum Gasteiger partial charge on any atom is -0.377 e. The number of rotatable bonds is 8. The van der Waals surface area contributed by atoms with Gasteiger partial charge in [-0.3, -0.25) is 0 Å². The van der Waals surface area contributed by atoms with Crippen LogP contribution in [0.25, 0.3) is 0 Å². The first-order valence-electron chi connectivity index (χ1n) is 8.12. The Morgan fingerprint density at radius 2 is 2.19 bits per heavy atom. The molecule has 1 aromatic heterocycles. The number of nitrogens with one attached hydrogen (secondary N) is 1. The summed E-state index contributed by atoms with van der Waals surface area (Å²) in [6, 6.07) is 2.07. The van der Waals surface area contributed by atoms with Crippen LogP contribution in [-0.2, 0) is 11.3 Å². The van der Waals surface area contributed by atoms with Gasteiger partial charge < -0.3 is 15.0 Å². The molecule has 1 saturated heterocycles. The van der Waals surface area contributed by atoms with Gasteiger partial charge in [-0.15, -0.1) is 0 Å². The average Bonchev–Trinajstić information content (AvgIpc) is 2.94. The first kappa shape index (κ1) is 16.0. The molecular formula is C16H28N4O. The lowest BCUT2D eigenvalue weighted by atomic mass is 10.0. The van der Waals surface area contributed by atoms with Crippen molar-refractivity contribution in [3.8, 4) is 0 Å². The number of hydrogen-bond acceptors (Lipinski definition) is 5. The summed E-state index contributed by atoms with van der Waals surface area (Å²) in [6.45, 7) is 8.02. The summed E-state index contributed by atoms with van der Waals surface area (Å²) in [7, 11) is 1.68. The van der Waals surface area contributed by atoms with Gasteiger partial charge in [-0.25, -0.2) is 9.97 Å². The van der Waals surface area contributed by atoms with Crippen LogP contribution in [0.3, 0.4) is 0 Å². The Hall–Kier alpha value is -1.36. The maximum Gasteiger partial charge on any atom is 0.158 e. The highest BCUT2D eigenvalue weighted by Gasteiger charge is 2.23. The van der Waals surface area contributed by atoms with Crippen molar-refractivity contribution in [1.29, 1.82) is 0 Å². The van der Waals surface area contributed by atoms with E-state index >= 15 is 0 Å². The molecule has 0 spiro atoms. The van der Waals surface area contributed by atoms with Gasteiger partial charge in [0.1, 0.15) is 18.2 Å². The van der Waals surface area contributed by atoms with Crippen molar-refractivity contribution in [3.05, 3.63) is 11.9 Å². The minimum atomic E-state index is 0.459. The normalized spacial score (nSPS) is 18.2. The average molecular weight is 292 g/mol. The Labute approximate surface area is 128 Å². The molecule has 2 rings (SSSR count). The third-order valence-corrected chi connectivity index (χ3v) is 3.90. The number of hydrogen-bond donors (Lipinski definition) is 1. The van der Waals surface area contributed by atoms with Crippen LogP contribution in [0.5, 0.6) is 0 Å². The van der Waals surface area contributed by atoms with E-state index in [0.29, 0.717) is 6.61 Å². The molecule has 5 heteroatoms. The van der Waals surface area contributed by atoms with Gasteiger partial charge in [0.15, 0.2) is 5.82 Å². The van der Waals surface area contributed by atoms with Crippen LogP contribution in [0.15, 0.2) is 6.07 Å². The van der Waals surface area contributed by atoms with Crippen LogP contribution in [0.2, 0.25) is 0 Å². The molecule has 118 valence electrons. The summed E-state index contributed by atoms with van der Waals surface area (Å²) in [6.07, 6.45) is 4.93. The molecule has 5 nitrogen and oxygen atoms in total. The molecule has 1 fully saturated rings. The molecule has 1 aliphatic heterocycles. The molecule has 0 amide bonds. The molecule has 1 unspecified atom stereocenters. The van der Waals surface area contributed by atoms with Crippen molar-refractivity contribution < 1.29 is 4.74 Å². The summed E-state index contributed by atoms with van der Waals surface area (Å²) in [4.78, 5) is 11.6. The van der Waals surface area contributed by atoms with Gasteiger partial charge in [-0.2, -0.15) is 0 Å². The van der Waals surface area contributed by atoms with Gasteiger partial charge in [0.2, 0.25) is 0 Å². The Morgan fingerprint density at radius 1 is 1.33 bits per heavy atom. The highest BCUT2D eigenvalue weighted by atomic mass is 16.5. The fourth-order valence-corrected chi connectivity index (χ4v) is 2.87. The van der Waals surface area contributed by atoms with E-state index in [9.17, 15) is 0 Å². The Balaban J connectivity index is 2.11. The third kappa shape index (κ3) is 4.56. The molecule has 0 radical (unpaired) electrons. The topological polar surface area (TPSA) is 50.3 Å². The lowest BCUT2D eigenvalue weighted by molar-refractivity contribution is 0.178. The van der Waals surface area contributed by atoms with E-state index < -0.39 is 0 Å². The van der Waals surface area contributed by atoms with Gasteiger partial charge in [0.05, 0.1) is 0 Å². The van der Waals surface area contributed by atoms with Crippen LogP contribution in [0.1, 0.15) is 45.4 Å². The highest BCUT2D eigenvalue weighted by Crippen LogP contribution is 2.26. The van der Waals surface area contributed by atoms with Crippen molar-refractivity contribution in [2.75, 3.05) is 37.0 Å². The van der Waals surface area contributed by atoms with Crippen LogP contribution < -0.4 is 10.2 Å². The predicted molar refractivity (Wildman–Crippen MR) is 86.8 cm³/mol. The van der Waals surface area contributed by atoms with Crippen LogP contribution in [-0.4, -0.2) is 36.7 Å². The van der Waals surface area contributed by atoms with Crippen molar-refractivity contribution in [2.45, 2.75) is 46.1 Å². The second kappa shape index (κ2) is 8.17. The monoisotopic (exact) mass is 292 g/mol. The predicted octanol–water partition coefficient (Wildman–Crippen LogP) is 3.07. The Bertz CT molecular complexity index is 438. The third-order valence-electron chi connectivity index (χ3n) is 3.90. The first-order valence-corrected chi connectivity index (χ1v) is 8.12. The SMILES string of the molecule is CCCNc1cc(N2CCC(CCC)C2)nc(COC)n1. The quantitative estimate of drug-likeness (QED) is 0.798. The van der Waals surface area contributed by atoms with Gasteiger partial charge in [-0.05, 0) is 25.2 Å². The molecule has 1 N–H and O–H groups in total. The van der Waals surface area contributed by atoms with Gasteiger partial charge in [0.25, 0.3) is 0 Å². The van der Waals surface area contributed by atoms with Crippen LogP contribution in [0, 0.1) is 5.92 Å². The van der Waals surface area contributed by atoms with Crippen molar-refractivity contribution in [3.63, 3.8) is 0 Å². The molecule has 0 aliphatic carbocycles. The van der Waals surface area contributed by atoms with Gasteiger partial charge in [0, 0.05) is 32.8 Å². The molecule has 1 aliphatic rings. The van der Waals surface area contributed by atoms with E-state index in [2.05, 4.69) is 40.1 Å². The molecule has 0 aromatic carbocycles. The second-order valence-electron chi connectivity index (χ2n) is 5.78. The van der Waals surface area contributed by atoms with E-state index in [0.717, 1.165) is 49.4 Å². The summed E-state index contributed by atoms with van der Waals surface area (Å²) in [5.74, 6) is 3.51. The van der Waals surface area contributed by atoms with E-state index in [1.807, 2.05) is 0 Å². The van der Waals surface area contributed by atoms with Crippen LogP contribution in [0.4, 0.5) is 11.6 Å². The zero-order chi connectivity index (χ0) is 15.1. The van der Waals surface area contributed by atoms with E-state index in [-0.39, 0.29) is 0 Å². The van der Waals surface area contributed by atoms with Crippen molar-refractivity contribution >= 4 is 11.6 Å². The zero-order valence-electron chi connectivity index (χ0n) is 13.6. The second-order valence-corrected chi connectivity index (χ2v) is 5.78. The fourth-order valence-electron chi connectivity index (χ4n) is 2.87. The number of anilines is 2. The van der Waals surface area contributed by atoms with E-state index in [4.69, 9.17) is 4.74 Å². The summed E-state index contributed by atoms with van der Waals surface area (Å²) in [5.41, 5.74) is 0. The number of aromatic nitrogens is 2. The standard InChI is InChI=1S/C16H28N4O/c1-4-6-13-7-9-20(11-13)16-10-14(17-8-5-2)18-15(19-16)12-21-3/h10,13H,4-9,11-12H2,1-3H3,(H,17,18,19). The summed E-state index contributed by atoms with van der Waals surface area (Å²) < 4.78 is 5.19. The maximum absolute atomic E-state index is 5.19. The Morgan fingerprint density at radius 3 is 2.90 bits per heavy atom. The molecule has 21 heavy (non-hydrogen) atoms. The zero-order valence-corrected chi connectivity index (χ0v) is 13.6. The number of nitrogens with zero attached hydrogens (tertiary/aromatic N) is 3. The van der Waals surface area contributed by atoms with Gasteiger partial charge >= 0.3 is 0 Å². The molecule has 1 aromatic rings. The molecule has 2 heterocycles. The molecule has 0 bridgehead atoms. The molecular weight excluding hydrogens is 264 g/mol. The van der Waals surface area contributed by atoms with E-state index in [1.165, 1.54) is 19.3 Å². The summed E-state index contributed by atoms with van der Waals surface area (Å²) in [5, 5.41) is 3.36.